The van der Waals surface area contributed by atoms with E-state index in [9.17, 15) is 9.59 Å². The third-order valence-corrected chi connectivity index (χ3v) is 15.9. The molecule has 2 bridgehead atoms. The summed E-state index contributed by atoms with van der Waals surface area (Å²) in [6.07, 6.45) is 10.9. The molecule has 1 unspecified atom stereocenters. The van der Waals surface area contributed by atoms with Gasteiger partial charge in [-0.3, -0.25) is 14.3 Å². The molecular weight excluding hydrogens is 724 g/mol. The molecule has 0 radical (unpaired) electrons. The fourth-order valence-electron chi connectivity index (χ4n) is 9.75. The van der Waals surface area contributed by atoms with Gasteiger partial charge in [0.05, 0.1) is 42.4 Å². The predicted octanol–water partition coefficient (Wildman–Crippen LogP) is 7.29. The Morgan fingerprint density at radius 3 is 2.80 bits per heavy atom. The first-order valence-electron chi connectivity index (χ1n) is 19.4. The van der Waals surface area contributed by atoms with Crippen molar-refractivity contribution in [2.45, 2.75) is 81.8 Å². The first-order chi connectivity index (χ1) is 26.0. The van der Waals surface area contributed by atoms with Gasteiger partial charge >= 0.3 is 0 Å². The molecule has 10 nitrogen and oxygen atoms in total. The van der Waals surface area contributed by atoms with Crippen LogP contribution in [0.4, 0.5) is 5.69 Å². The number of nitrogens with one attached hydrogen (secondary N) is 1. The van der Waals surface area contributed by atoms with Crippen LogP contribution in [-0.4, -0.2) is 65.4 Å². The fraction of sp³-hybridized carbons (Fsp3) is 0.524. The Labute approximate surface area is 322 Å². The van der Waals surface area contributed by atoms with Crippen LogP contribution in [0.1, 0.15) is 89.4 Å². The average molecular weight is 773 g/mol. The number of allylic oxidation sites excluding steroid dienone is 1. The molecule has 2 amide bonds. The number of amides is 2. The maximum atomic E-state index is 15.0. The molecule has 3 aliphatic carbocycles. The second kappa shape index (κ2) is 13.8. The number of aromatic nitrogens is 1. The summed E-state index contributed by atoms with van der Waals surface area (Å²) in [4.78, 5) is 30.4. The lowest BCUT2D eigenvalue weighted by Crippen LogP contribution is -2.49. The van der Waals surface area contributed by atoms with Crippen LogP contribution in [0.15, 0.2) is 65.2 Å². The number of ether oxygens (including phenoxy) is 3. The summed E-state index contributed by atoms with van der Waals surface area (Å²) in [6, 6.07) is 13.5. The third-order valence-electron chi connectivity index (χ3n) is 13.3. The van der Waals surface area contributed by atoms with Gasteiger partial charge in [-0.15, -0.1) is 4.36 Å². The highest BCUT2D eigenvalue weighted by atomic mass is 35.5. The number of methoxy groups -OCH3 is 1. The normalized spacial score (nSPS) is 34.8. The number of nitrogens with zero attached hydrogens (tertiary/aromatic N) is 3. The highest BCUT2D eigenvalue weighted by Crippen LogP contribution is 2.61. The Balaban J connectivity index is 1.12. The number of fused-ring (bicyclic) bond motifs is 7. The van der Waals surface area contributed by atoms with Gasteiger partial charge in [0.15, 0.2) is 0 Å². The Kier molecular flexibility index (Phi) is 9.23. The van der Waals surface area contributed by atoms with Crippen molar-refractivity contribution in [3.05, 3.63) is 93.8 Å². The summed E-state index contributed by atoms with van der Waals surface area (Å²) in [5, 5.41) is 0.119. The summed E-state index contributed by atoms with van der Waals surface area (Å²) in [5.74, 6) is 1.26. The lowest BCUT2D eigenvalue weighted by Gasteiger charge is -2.46. The summed E-state index contributed by atoms with van der Waals surface area (Å²) in [6.45, 7) is 7.43. The lowest BCUT2D eigenvalue weighted by atomic mass is 9.68. The Bertz CT molecular complexity index is 2140. The van der Waals surface area contributed by atoms with Crippen molar-refractivity contribution in [2.75, 3.05) is 38.3 Å². The second-order valence-electron chi connectivity index (χ2n) is 16.6. The molecule has 9 rings (SSSR count). The molecule has 2 saturated carbocycles. The van der Waals surface area contributed by atoms with Gasteiger partial charge in [0, 0.05) is 54.6 Å². The number of hydrogen-bond donors (Lipinski definition) is 1. The van der Waals surface area contributed by atoms with Crippen LogP contribution in [0.25, 0.3) is 0 Å². The topological polar surface area (TPSA) is 111 Å². The lowest BCUT2D eigenvalue weighted by molar-refractivity contribution is 0.0131. The van der Waals surface area contributed by atoms with E-state index in [1.165, 1.54) is 17.5 Å². The number of carbonyl (C=O) groups excluding carboxylic acids is 2. The number of carbonyl (C=O) groups is 2. The minimum Gasteiger partial charge on any atom is -0.490 e. The molecule has 286 valence electrons. The molecule has 3 aromatic rings. The van der Waals surface area contributed by atoms with Crippen LogP contribution < -0.4 is 14.4 Å². The third kappa shape index (κ3) is 6.38. The van der Waals surface area contributed by atoms with Crippen LogP contribution >= 0.6 is 11.6 Å². The molecule has 54 heavy (non-hydrogen) atoms. The fourth-order valence-corrected chi connectivity index (χ4v) is 11.8. The zero-order valence-electron chi connectivity index (χ0n) is 31.2. The maximum absolute atomic E-state index is 15.0. The second-order valence-corrected chi connectivity index (χ2v) is 19.3. The van der Waals surface area contributed by atoms with E-state index < -0.39 is 27.0 Å². The summed E-state index contributed by atoms with van der Waals surface area (Å²) in [7, 11) is -1.83. The first-order valence-corrected chi connectivity index (χ1v) is 21.4. The van der Waals surface area contributed by atoms with Gasteiger partial charge < -0.3 is 23.7 Å². The molecule has 1 spiro atoms. The Morgan fingerprint density at radius 2 is 2.00 bits per heavy atom. The van der Waals surface area contributed by atoms with Crippen molar-refractivity contribution in [3.8, 4) is 5.75 Å². The van der Waals surface area contributed by atoms with Crippen molar-refractivity contribution in [2.24, 2.45) is 28.0 Å². The van der Waals surface area contributed by atoms with Crippen molar-refractivity contribution >= 4 is 39.0 Å². The minimum absolute atomic E-state index is 0.0629. The van der Waals surface area contributed by atoms with Gasteiger partial charge in [-0.05, 0) is 116 Å². The summed E-state index contributed by atoms with van der Waals surface area (Å²) >= 11 is 6.56. The first kappa shape index (κ1) is 36.0. The van der Waals surface area contributed by atoms with Crippen LogP contribution in [-0.2, 0) is 38.0 Å². The molecule has 1 aromatic heterocycles. The molecule has 2 aromatic carbocycles. The Hall–Kier alpha value is -3.64. The molecule has 2 fully saturated rings. The standard InChI is InChI=1S/C42H49ClN4O6S/c1-25-5-4-6-38(51-3)33-10-7-28(33)20-47-23-42(19-29-16-34(29)35-18-31(43)9-11-36(35)42)24-53-39-12-8-27(17-37(39)47)40(48)44-54(50,26(25)2)45-41(49)30-15-32-22-52-14-13-46(32)21-30/h4,6,8-9,11-12,15,17-18,21,25-26,28-29,33-34,38H,5,7,10,13-14,16,19-20,22-24H2,1-3H3,(H,44,45,48,49,50)/b6-4-/t25-,26+,28-,29-,33+,34-,38-,42-,54?/m0/s1. The molecule has 1 N–H and O–H groups in total. The van der Waals surface area contributed by atoms with Crippen molar-refractivity contribution in [3.63, 3.8) is 0 Å². The van der Waals surface area contributed by atoms with Gasteiger partial charge in [-0.25, -0.2) is 4.21 Å². The average Bonchev–Trinajstić information content (AvgIpc) is 3.83. The smallest absolute Gasteiger partial charge is 0.286 e. The van der Waals surface area contributed by atoms with E-state index in [2.05, 4.69) is 38.3 Å². The Morgan fingerprint density at radius 1 is 1.13 bits per heavy atom. The van der Waals surface area contributed by atoms with Gasteiger partial charge in [0.2, 0.25) is 0 Å². The zero-order valence-corrected chi connectivity index (χ0v) is 32.7. The summed E-state index contributed by atoms with van der Waals surface area (Å²) in [5.41, 5.74) is 4.79. The maximum Gasteiger partial charge on any atom is 0.286 e. The van der Waals surface area contributed by atoms with Crippen molar-refractivity contribution in [1.82, 2.24) is 9.29 Å². The predicted molar refractivity (Wildman–Crippen MR) is 209 cm³/mol. The van der Waals surface area contributed by atoms with E-state index in [0.717, 1.165) is 54.5 Å². The van der Waals surface area contributed by atoms with Gasteiger partial charge in [-0.1, -0.05) is 36.7 Å². The quantitative estimate of drug-likeness (QED) is 0.279. The van der Waals surface area contributed by atoms with E-state index in [1.54, 1.807) is 32.4 Å². The molecule has 6 aliphatic rings. The number of halogens is 1. The number of hydrogen-bond acceptors (Lipinski definition) is 7. The molecule has 9 atom stereocenters. The van der Waals surface area contributed by atoms with Crippen molar-refractivity contribution < 1.29 is 28.0 Å². The van der Waals surface area contributed by atoms with Crippen LogP contribution in [0.5, 0.6) is 5.75 Å². The monoisotopic (exact) mass is 772 g/mol. The van der Waals surface area contributed by atoms with Crippen LogP contribution in [0.2, 0.25) is 5.02 Å². The highest BCUT2D eigenvalue weighted by molar-refractivity contribution is 7.93. The highest BCUT2D eigenvalue weighted by Gasteiger charge is 2.54. The van der Waals surface area contributed by atoms with Gasteiger partial charge in [0.25, 0.3) is 11.8 Å². The SMILES string of the molecule is CO[C@H]1/C=C\C[C@H](C)[C@@H](C)S(=O)(NC(=O)c2cc3n(c2)CCOC3)=NC(=O)c2ccc3c(c2)N(C[C@@H]2CC[C@H]21)C[C@]1(CO3)C[C@@H]2C[C@@H]2c2cc(Cl)ccc21. The molecule has 4 heterocycles. The summed E-state index contributed by atoms with van der Waals surface area (Å²) < 4.78 is 42.6. The van der Waals surface area contributed by atoms with E-state index >= 15 is 4.21 Å². The van der Waals surface area contributed by atoms with Gasteiger partial charge in [-0.2, -0.15) is 0 Å². The number of benzene rings is 2. The molecule has 0 saturated heterocycles. The molecular formula is C42H49ClN4O6S. The number of anilines is 1. The number of rotatable bonds is 3. The van der Waals surface area contributed by atoms with E-state index in [0.29, 0.717) is 67.6 Å². The molecule has 3 aliphatic heterocycles. The van der Waals surface area contributed by atoms with E-state index in [4.69, 9.17) is 25.8 Å². The minimum atomic E-state index is -3.61. The van der Waals surface area contributed by atoms with Crippen LogP contribution in [0, 0.1) is 23.7 Å². The van der Waals surface area contributed by atoms with E-state index in [-0.39, 0.29) is 17.4 Å². The zero-order chi connectivity index (χ0) is 37.4. The van der Waals surface area contributed by atoms with Gasteiger partial charge in [0.1, 0.15) is 15.7 Å². The van der Waals surface area contributed by atoms with Crippen molar-refractivity contribution in [1.29, 1.82) is 0 Å². The molecule has 12 heteroatoms. The van der Waals surface area contributed by atoms with Crippen LogP contribution in [0.3, 0.4) is 0 Å². The largest absolute Gasteiger partial charge is 0.490 e. The van der Waals surface area contributed by atoms with E-state index in [1.807, 2.05) is 29.7 Å².